The number of alkyl halides is 6. The molecule has 7 N–H and O–H groups in total. The molecule has 0 saturated carbocycles. The summed E-state index contributed by atoms with van der Waals surface area (Å²) in [7, 11) is 0. The molecule has 0 spiro atoms. The summed E-state index contributed by atoms with van der Waals surface area (Å²) in [6, 6.07) is 0.516. The molecule has 0 heterocycles. The van der Waals surface area contributed by atoms with Gasteiger partial charge in [0.2, 0.25) is 0 Å². The Morgan fingerprint density at radius 2 is 1.65 bits per heavy atom. The average Bonchev–Trinajstić information content (AvgIpc) is 2.48. The van der Waals surface area contributed by atoms with Gasteiger partial charge in [0.05, 0.1) is 29.8 Å². The highest BCUT2D eigenvalue weighted by atomic mass is 35.5. The Labute approximate surface area is 158 Å². The van der Waals surface area contributed by atoms with Crippen molar-refractivity contribution >= 4 is 5.91 Å². The topological polar surface area (TPSA) is 84.4 Å². The van der Waals surface area contributed by atoms with Crippen LogP contribution in [0.1, 0.15) is 34.3 Å². The van der Waals surface area contributed by atoms with Crippen molar-refractivity contribution in [3.05, 3.63) is 34.9 Å². The first kappa shape index (κ1) is 27.0. The van der Waals surface area contributed by atoms with E-state index in [9.17, 15) is 31.1 Å². The van der Waals surface area contributed by atoms with Crippen molar-refractivity contribution in [2.75, 3.05) is 13.1 Å². The van der Waals surface area contributed by atoms with Crippen LogP contribution in [0.4, 0.5) is 26.3 Å². The third kappa shape index (κ3) is 7.98. The van der Waals surface area contributed by atoms with Gasteiger partial charge < -0.3 is 41.6 Å². The molecule has 0 radical (unpaired) electrons. The lowest BCUT2D eigenvalue weighted by Gasteiger charge is -2.16. The largest absolute Gasteiger partial charge is 1.00 e. The zero-order valence-electron chi connectivity index (χ0n) is 13.5. The molecule has 0 fully saturated rings. The Hall–Kier alpha value is -1.23. The van der Waals surface area contributed by atoms with Gasteiger partial charge in [-0.05, 0) is 18.2 Å². The van der Waals surface area contributed by atoms with Gasteiger partial charge in [0.25, 0.3) is 5.91 Å². The number of quaternary nitrogens is 2. The van der Waals surface area contributed by atoms with E-state index in [4.69, 9.17) is 0 Å². The molecule has 1 rings (SSSR count). The summed E-state index contributed by atoms with van der Waals surface area (Å²) in [6.07, 6.45) is -8.46. The highest BCUT2D eigenvalue weighted by molar-refractivity contribution is 5.96. The summed E-state index contributed by atoms with van der Waals surface area (Å²) in [4.78, 5) is 12.0. The van der Waals surface area contributed by atoms with Crippen LogP contribution in [0.15, 0.2) is 18.2 Å². The lowest BCUT2D eigenvalue weighted by molar-refractivity contribution is -0.423. The predicted octanol–water partition coefficient (Wildman–Crippen LogP) is -4.91. The van der Waals surface area contributed by atoms with Crippen molar-refractivity contribution in [3.8, 4) is 0 Å². The first-order valence-corrected chi connectivity index (χ1v) is 7.15. The van der Waals surface area contributed by atoms with Gasteiger partial charge in [0.15, 0.2) is 0 Å². The maximum Gasteiger partial charge on any atom is 0.417 e. The summed E-state index contributed by atoms with van der Waals surface area (Å²) in [5.74, 6) is -1.21. The molecular weight excluding hydrogens is 411 g/mol. The Kier molecular flexibility index (Phi) is 11.2. The van der Waals surface area contributed by atoms with E-state index in [2.05, 4.69) is 16.8 Å². The van der Waals surface area contributed by atoms with Gasteiger partial charge in [-0.1, -0.05) is 0 Å². The summed E-state index contributed by atoms with van der Waals surface area (Å²) < 4.78 is 76.8. The summed E-state index contributed by atoms with van der Waals surface area (Å²) >= 11 is 0. The van der Waals surface area contributed by atoms with E-state index < -0.39 is 35.0 Å². The molecule has 152 valence electrons. The van der Waals surface area contributed by atoms with Crippen molar-refractivity contribution in [2.24, 2.45) is 0 Å². The van der Waals surface area contributed by atoms with Gasteiger partial charge in [-0.15, -0.1) is 0 Å². The Bertz CT molecular complexity index is 581. The van der Waals surface area contributed by atoms with Gasteiger partial charge in [-0.2, -0.15) is 26.3 Å². The maximum atomic E-state index is 12.9. The van der Waals surface area contributed by atoms with Crippen LogP contribution in [0.5, 0.6) is 0 Å². The smallest absolute Gasteiger partial charge is 0.417 e. The highest BCUT2D eigenvalue weighted by Gasteiger charge is 2.38. The average molecular weight is 430 g/mol. The van der Waals surface area contributed by atoms with E-state index in [-0.39, 0.29) is 49.5 Å². The van der Waals surface area contributed by atoms with E-state index in [1.807, 2.05) is 0 Å². The normalized spacial score (nSPS) is 12.6. The molecule has 12 heteroatoms. The third-order valence-electron chi connectivity index (χ3n) is 3.31. The van der Waals surface area contributed by atoms with Crippen LogP contribution >= 0.6 is 0 Å². The van der Waals surface area contributed by atoms with Gasteiger partial charge in [0, 0.05) is 12.8 Å². The van der Waals surface area contributed by atoms with Gasteiger partial charge in [-0.3, -0.25) is 4.79 Å². The predicted molar refractivity (Wildman–Crippen MR) is 72.4 cm³/mol. The fourth-order valence-electron chi connectivity index (χ4n) is 2.02. The molecule has 1 atom stereocenters. The molecule has 0 unspecified atom stereocenters. The maximum absolute atomic E-state index is 12.9. The quantitative estimate of drug-likeness (QED) is 0.389. The van der Waals surface area contributed by atoms with Crippen LogP contribution in [0.2, 0.25) is 0 Å². The van der Waals surface area contributed by atoms with E-state index in [1.165, 1.54) is 0 Å². The van der Waals surface area contributed by atoms with E-state index in [0.717, 1.165) is 6.42 Å². The number of nitrogens with one attached hydrogen (secondary N) is 1. The third-order valence-corrected chi connectivity index (χ3v) is 3.31. The highest BCUT2D eigenvalue weighted by Crippen LogP contribution is 2.36. The SMILES string of the molecule is [Cl-].[Cl-].[NH3+]CCC[C@H]([NH3+])CNC(=O)c1cc(C(F)(F)F)ccc1C(F)(F)F. The zero-order valence-corrected chi connectivity index (χ0v) is 15.0. The Balaban J connectivity index is 0. The first-order valence-electron chi connectivity index (χ1n) is 7.15. The molecule has 4 nitrogen and oxygen atoms in total. The minimum absolute atomic E-state index is 0. The van der Waals surface area contributed by atoms with Gasteiger partial charge >= 0.3 is 12.4 Å². The molecule has 0 aromatic heterocycles. The number of halogens is 8. The minimum Gasteiger partial charge on any atom is -1.00 e. The van der Waals surface area contributed by atoms with Crippen molar-refractivity contribution < 1.29 is 67.4 Å². The number of rotatable bonds is 6. The van der Waals surface area contributed by atoms with E-state index in [0.29, 0.717) is 19.0 Å². The second-order valence-electron chi connectivity index (χ2n) is 5.33. The van der Waals surface area contributed by atoms with Crippen LogP contribution in [-0.2, 0) is 12.4 Å². The molecular formula is C14H19Cl2F6N3O. The van der Waals surface area contributed by atoms with Crippen LogP contribution in [-0.4, -0.2) is 25.0 Å². The summed E-state index contributed by atoms with van der Waals surface area (Å²) in [6.45, 7) is 0.609. The van der Waals surface area contributed by atoms with Crippen molar-refractivity contribution in [3.63, 3.8) is 0 Å². The number of benzene rings is 1. The lowest BCUT2D eigenvalue weighted by Crippen LogP contribution is -3.00. The molecule has 1 aromatic carbocycles. The standard InChI is InChI=1S/C14H17F6N3O.2ClH/c15-13(16,17)8-3-4-11(14(18,19)20)10(6-8)12(24)23-7-9(22)2-1-5-21;;/h3-4,6,9H,1-2,5,7,21-22H2,(H,23,24);2*1H/t9-;;/m0../s1. The van der Waals surface area contributed by atoms with Crippen LogP contribution in [0.3, 0.4) is 0 Å². The molecule has 1 aromatic rings. The van der Waals surface area contributed by atoms with Crippen LogP contribution in [0, 0.1) is 0 Å². The summed E-state index contributed by atoms with van der Waals surface area (Å²) in [5.41, 5.74) is 3.57. The number of hydrogen-bond acceptors (Lipinski definition) is 1. The number of amides is 1. The zero-order chi connectivity index (χ0) is 18.5. The monoisotopic (exact) mass is 429 g/mol. The fraction of sp³-hybridized carbons (Fsp3) is 0.500. The lowest BCUT2D eigenvalue weighted by atomic mass is 10.0. The van der Waals surface area contributed by atoms with Crippen LogP contribution in [0.25, 0.3) is 0 Å². The molecule has 0 saturated heterocycles. The second-order valence-corrected chi connectivity index (χ2v) is 5.33. The second kappa shape index (κ2) is 10.8. The van der Waals surface area contributed by atoms with Crippen LogP contribution < -0.4 is 41.6 Å². The first-order chi connectivity index (χ1) is 11.0. The minimum atomic E-state index is -4.94. The molecule has 1 amide bonds. The number of hydrogen-bond donors (Lipinski definition) is 3. The number of carbonyl (C=O) groups is 1. The van der Waals surface area contributed by atoms with Crippen molar-refractivity contribution in [1.29, 1.82) is 0 Å². The molecule has 0 aliphatic carbocycles. The van der Waals surface area contributed by atoms with E-state index in [1.54, 1.807) is 0 Å². The van der Waals surface area contributed by atoms with Crippen molar-refractivity contribution in [1.82, 2.24) is 5.32 Å². The van der Waals surface area contributed by atoms with E-state index >= 15 is 0 Å². The summed E-state index contributed by atoms with van der Waals surface area (Å²) in [5, 5.41) is 2.21. The molecule has 0 aliphatic rings. The molecule has 26 heavy (non-hydrogen) atoms. The van der Waals surface area contributed by atoms with Gasteiger partial charge in [0.1, 0.15) is 6.04 Å². The molecule has 0 bridgehead atoms. The number of carbonyl (C=O) groups excluding carboxylic acids is 1. The Morgan fingerprint density at radius 3 is 2.12 bits per heavy atom. The molecule has 0 aliphatic heterocycles. The fourth-order valence-corrected chi connectivity index (χ4v) is 2.02. The Morgan fingerprint density at radius 1 is 1.08 bits per heavy atom. The van der Waals surface area contributed by atoms with Crippen molar-refractivity contribution in [2.45, 2.75) is 31.2 Å². The van der Waals surface area contributed by atoms with Gasteiger partial charge in [-0.25, -0.2) is 0 Å².